The largest absolute Gasteiger partial charge is 0.486 e. The maximum atomic E-state index is 6.13. The van der Waals surface area contributed by atoms with Crippen molar-refractivity contribution in [3.63, 3.8) is 0 Å². The highest BCUT2D eigenvalue weighted by Gasteiger charge is 2.13. The van der Waals surface area contributed by atoms with Crippen molar-refractivity contribution in [2.75, 3.05) is 0 Å². The molecule has 0 amide bonds. The van der Waals surface area contributed by atoms with E-state index in [1.807, 2.05) is 6.07 Å². The van der Waals surface area contributed by atoms with Gasteiger partial charge in [0, 0.05) is 22.6 Å². The smallest absolute Gasteiger partial charge is 0.124 e. The van der Waals surface area contributed by atoms with Gasteiger partial charge in [0.15, 0.2) is 0 Å². The molecule has 0 aliphatic heterocycles. The van der Waals surface area contributed by atoms with Gasteiger partial charge in [-0.25, -0.2) is 0 Å². The Hall–Kier alpha value is -0.800. The molecule has 0 bridgehead atoms. The van der Waals surface area contributed by atoms with Gasteiger partial charge in [0.25, 0.3) is 0 Å². The molecule has 1 unspecified atom stereocenters. The molecule has 3 heteroatoms. The molecule has 1 atom stereocenters. The first-order valence-electron chi connectivity index (χ1n) is 7.00. The molecule has 0 saturated heterocycles. The minimum atomic E-state index is 0.229. The molecule has 1 aliphatic carbocycles. The second-order valence-electron chi connectivity index (χ2n) is 5.30. The molecule has 1 aromatic carbocycles. The van der Waals surface area contributed by atoms with Gasteiger partial charge in [-0.05, 0) is 43.5 Å². The summed E-state index contributed by atoms with van der Waals surface area (Å²) >= 11 is 3.53. The average molecular weight is 324 g/mol. The van der Waals surface area contributed by atoms with Crippen LogP contribution in [0.15, 0.2) is 34.8 Å². The topological polar surface area (TPSA) is 21.3 Å². The fourth-order valence-corrected chi connectivity index (χ4v) is 2.57. The Bertz CT molecular complexity index is 442. The van der Waals surface area contributed by atoms with E-state index in [4.69, 9.17) is 4.74 Å². The van der Waals surface area contributed by atoms with Gasteiger partial charge in [-0.15, -0.1) is 0 Å². The van der Waals surface area contributed by atoms with Crippen LogP contribution in [0.25, 0.3) is 0 Å². The third-order valence-electron chi connectivity index (χ3n) is 3.21. The monoisotopic (exact) mass is 323 g/mol. The van der Waals surface area contributed by atoms with E-state index >= 15 is 0 Å². The molecule has 0 saturated carbocycles. The van der Waals surface area contributed by atoms with Crippen LogP contribution in [0.1, 0.15) is 38.7 Å². The quantitative estimate of drug-likeness (QED) is 0.809. The van der Waals surface area contributed by atoms with Crippen LogP contribution in [0.2, 0.25) is 0 Å². The molecule has 104 valence electrons. The zero-order chi connectivity index (χ0) is 13.7. The predicted molar refractivity (Wildman–Crippen MR) is 83.5 cm³/mol. The summed E-state index contributed by atoms with van der Waals surface area (Å²) in [6.07, 6.45) is 8.15. The lowest BCUT2D eigenvalue weighted by molar-refractivity contribution is 0.227. The second-order valence-corrected chi connectivity index (χ2v) is 6.22. The molecule has 0 heterocycles. The third-order valence-corrected chi connectivity index (χ3v) is 3.71. The van der Waals surface area contributed by atoms with Crippen molar-refractivity contribution in [1.82, 2.24) is 5.32 Å². The maximum absolute atomic E-state index is 6.13. The molecular weight excluding hydrogens is 302 g/mol. The molecule has 2 nitrogen and oxygen atoms in total. The Kier molecular flexibility index (Phi) is 5.46. The molecule has 0 aromatic heterocycles. The molecule has 19 heavy (non-hydrogen) atoms. The number of hydrogen-bond donors (Lipinski definition) is 1. The van der Waals surface area contributed by atoms with Crippen LogP contribution in [0.5, 0.6) is 5.75 Å². The van der Waals surface area contributed by atoms with Gasteiger partial charge in [0.1, 0.15) is 11.9 Å². The van der Waals surface area contributed by atoms with Crippen LogP contribution < -0.4 is 10.1 Å². The number of hydrogen-bond acceptors (Lipinski definition) is 2. The van der Waals surface area contributed by atoms with Crippen LogP contribution in [0.4, 0.5) is 0 Å². The summed E-state index contributed by atoms with van der Waals surface area (Å²) in [4.78, 5) is 0. The molecule has 0 fully saturated rings. The predicted octanol–water partition coefficient (Wildman–Crippen LogP) is 4.43. The van der Waals surface area contributed by atoms with Gasteiger partial charge in [-0.1, -0.05) is 35.9 Å². The summed E-state index contributed by atoms with van der Waals surface area (Å²) in [7, 11) is 0. The third kappa shape index (κ3) is 4.66. The number of allylic oxidation sites excluding steroid dienone is 1. The van der Waals surface area contributed by atoms with Gasteiger partial charge in [0.05, 0.1) is 0 Å². The van der Waals surface area contributed by atoms with Gasteiger partial charge in [0.2, 0.25) is 0 Å². The van der Waals surface area contributed by atoms with Crippen LogP contribution >= 0.6 is 15.9 Å². The fraction of sp³-hybridized carbons (Fsp3) is 0.500. The van der Waals surface area contributed by atoms with Crippen LogP contribution in [0.3, 0.4) is 0 Å². The summed E-state index contributed by atoms with van der Waals surface area (Å²) in [5.74, 6) is 0.993. The van der Waals surface area contributed by atoms with Crippen molar-refractivity contribution in [3.8, 4) is 5.75 Å². The minimum absolute atomic E-state index is 0.229. The van der Waals surface area contributed by atoms with E-state index < -0.39 is 0 Å². The van der Waals surface area contributed by atoms with E-state index in [-0.39, 0.29) is 6.10 Å². The van der Waals surface area contributed by atoms with Crippen LogP contribution in [0, 0.1) is 0 Å². The Morgan fingerprint density at radius 2 is 2.26 bits per heavy atom. The highest BCUT2D eigenvalue weighted by Crippen LogP contribution is 2.26. The van der Waals surface area contributed by atoms with E-state index in [9.17, 15) is 0 Å². The molecule has 1 aromatic rings. The summed E-state index contributed by atoms with van der Waals surface area (Å²) in [5.41, 5.74) is 1.21. The zero-order valence-electron chi connectivity index (χ0n) is 11.7. The molecule has 1 N–H and O–H groups in total. The summed E-state index contributed by atoms with van der Waals surface area (Å²) < 4.78 is 7.22. The second kappa shape index (κ2) is 7.11. The highest BCUT2D eigenvalue weighted by atomic mass is 79.9. The lowest BCUT2D eigenvalue weighted by Crippen LogP contribution is -2.23. The zero-order valence-corrected chi connectivity index (χ0v) is 13.2. The van der Waals surface area contributed by atoms with Crippen molar-refractivity contribution in [2.45, 2.75) is 51.8 Å². The molecular formula is C16H22BrNO. The Morgan fingerprint density at radius 1 is 1.42 bits per heavy atom. The minimum Gasteiger partial charge on any atom is -0.486 e. The van der Waals surface area contributed by atoms with Crippen LogP contribution in [-0.2, 0) is 6.54 Å². The average Bonchev–Trinajstić information content (AvgIpc) is 2.40. The summed E-state index contributed by atoms with van der Waals surface area (Å²) in [6, 6.07) is 6.71. The van der Waals surface area contributed by atoms with E-state index in [1.54, 1.807) is 0 Å². The van der Waals surface area contributed by atoms with Gasteiger partial charge in [-0.2, -0.15) is 0 Å². The van der Waals surface area contributed by atoms with E-state index in [0.29, 0.717) is 6.04 Å². The van der Waals surface area contributed by atoms with E-state index in [1.165, 1.54) is 18.4 Å². The summed E-state index contributed by atoms with van der Waals surface area (Å²) in [6.45, 7) is 5.15. The molecule has 1 aliphatic rings. The number of ether oxygens (including phenoxy) is 1. The van der Waals surface area contributed by atoms with Gasteiger partial charge >= 0.3 is 0 Å². The molecule has 0 spiro atoms. The normalized spacial score (nSPS) is 18.8. The number of rotatable bonds is 5. The maximum Gasteiger partial charge on any atom is 0.124 e. The van der Waals surface area contributed by atoms with Gasteiger partial charge in [-0.3, -0.25) is 0 Å². The van der Waals surface area contributed by atoms with Crippen molar-refractivity contribution in [1.29, 1.82) is 0 Å². The number of halogens is 1. The first-order chi connectivity index (χ1) is 9.15. The van der Waals surface area contributed by atoms with Crippen molar-refractivity contribution < 1.29 is 4.74 Å². The van der Waals surface area contributed by atoms with Gasteiger partial charge < -0.3 is 10.1 Å². The lowest BCUT2D eigenvalue weighted by Gasteiger charge is -2.21. The first-order valence-corrected chi connectivity index (χ1v) is 7.79. The standard InChI is InChI=1S/C16H22BrNO/c1-12(2)18-11-13-10-14(17)8-9-16(13)19-15-6-4-3-5-7-15/h4,6,8-10,12,15,18H,3,5,7,11H2,1-2H3. The van der Waals surface area contributed by atoms with Crippen molar-refractivity contribution in [2.24, 2.45) is 0 Å². The highest BCUT2D eigenvalue weighted by molar-refractivity contribution is 9.10. The molecule has 2 rings (SSSR count). The first kappa shape index (κ1) is 14.6. The SMILES string of the molecule is CC(C)NCc1cc(Br)ccc1OC1C=CCCC1. The van der Waals surface area contributed by atoms with Crippen molar-refractivity contribution >= 4 is 15.9 Å². The summed E-state index contributed by atoms with van der Waals surface area (Å²) in [5, 5.41) is 3.45. The van der Waals surface area contributed by atoms with E-state index in [0.717, 1.165) is 23.2 Å². The number of nitrogens with one attached hydrogen (secondary N) is 1. The Morgan fingerprint density at radius 3 is 2.95 bits per heavy atom. The number of benzene rings is 1. The fourth-order valence-electron chi connectivity index (χ4n) is 2.16. The molecule has 0 radical (unpaired) electrons. The Balaban J connectivity index is 2.09. The van der Waals surface area contributed by atoms with Crippen LogP contribution in [-0.4, -0.2) is 12.1 Å². The van der Waals surface area contributed by atoms with E-state index in [2.05, 4.69) is 59.4 Å². The Labute approximate surface area is 124 Å². The van der Waals surface area contributed by atoms with Crippen molar-refractivity contribution in [3.05, 3.63) is 40.4 Å². The lowest BCUT2D eigenvalue weighted by atomic mass is 10.1.